The molecule has 2 unspecified atom stereocenters. The molecule has 0 aromatic carbocycles. The van der Waals surface area contributed by atoms with Crippen LogP contribution in [0.15, 0.2) is 4.99 Å². The lowest BCUT2D eigenvalue weighted by atomic mass is 9.99. The summed E-state index contributed by atoms with van der Waals surface area (Å²) >= 11 is 0. The van der Waals surface area contributed by atoms with Gasteiger partial charge in [-0.2, -0.15) is 13.2 Å². The fraction of sp³-hybridized carbons (Fsp3) is 0.933. The van der Waals surface area contributed by atoms with Gasteiger partial charge in [0.25, 0.3) is 0 Å². The van der Waals surface area contributed by atoms with Crippen molar-refractivity contribution in [2.24, 2.45) is 10.9 Å². The lowest BCUT2D eigenvalue weighted by Crippen LogP contribution is -2.43. The fourth-order valence-corrected chi connectivity index (χ4v) is 2.63. The Morgan fingerprint density at radius 2 is 2.09 bits per heavy atom. The standard InChI is InChI=1S/C15H29F3N4/c1-4-19-14(20-8-7-15(16,17)18)21-10-13(3)22-9-5-6-12(2)11-22/h12-13H,4-11H2,1-3H3,(H2,19,20,21). The molecule has 0 bridgehead atoms. The van der Waals surface area contributed by atoms with Crippen LogP contribution in [-0.2, 0) is 0 Å². The van der Waals surface area contributed by atoms with Crippen LogP contribution in [0, 0.1) is 5.92 Å². The molecule has 2 N–H and O–H groups in total. The van der Waals surface area contributed by atoms with Gasteiger partial charge in [-0.05, 0) is 39.2 Å². The van der Waals surface area contributed by atoms with E-state index < -0.39 is 12.6 Å². The van der Waals surface area contributed by atoms with E-state index in [2.05, 4.69) is 34.4 Å². The zero-order chi connectivity index (χ0) is 16.6. The first-order valence-corrected chi connectivity index (χ1v) is 8.14. The predicted molar refractivity (Wildman–Crippen MR) is 84.1 cm³/mol. The van der Waals surface area contributed by atoms with Gasteiger partial charge < -0.3 is 10.6 Å². The summed E-state index contributed by atoms with van der Waals surface area (Å²) in [6, 6.07) is 0.306. The van der Waals surface area contributed by atoms with Gasteiger partial charge >= 0.3 is 6.18 Å². The summed E-state index contributed by atoms with van der Waals surface area (Å²) in [5.41, 5.74) is 0. The highest BCUT2D eigenvalue weighted by molar-refractivity contribution is 5.79. The third-order valence-corrected chi connectivity index (χ3v) is 3.87. The third-order valence-electron chi connectivity index (χ3n) is 3.87. The molecular formula is C15H29F3N4. The Kier molecular flexibility index (Phi) is 8.00. The molecule has 1 aliphatic rings. The predicted octanol–water partition coefficient (Wildman–Crippen LogP) is 2.61. The largest absolute Gasteiger partial charge is 0.390 e. The van der Waals surface area contributed by atoms with Gasteiger partial charge in [0.1, 0.15) is 0 Å². The molecule has 1 fully saturated rings. The van der Waals surface area contributed by atoms with E-state index in [1.54, 1.807) is 0 Å². The topological polar surface area (TPSA) is 39.7 Å². The Morgan fingerprint density at radius 3 is 2.68 bits per heavy atom. The van der Waals surface area contributed by atoms with Gasteiger partial charge in [0.15, 0.2) is 5.96 Å². The molecule has 1 saturated heterocycles. The van der Waals surface area contributed by atoms with E-state index in [0.717, 1.165) is 13.1 Å². The number of piperidine rings is 1. The summed E-state index contributed by atoms with van der Waals surface area (Å²) in [6.07, 6.45) is -2.51. The second-order valence-electron chi connectivity index (χ2n) is 6.10. The molecule has 22 heavy (non-hydrogen) atoms. The second-order valence-corrected chi connectivity index (χ2v) is 6.10. The van der Waals surface area contributed by atoms with Crippen LogP contribution in [0.4, 0.5) is 13.2 Å². The van der Waals surface area contributed by atoms with Gasteiger partial charge in [0.05, 0.1) is 13.0 Å². The quantitative estimate of drug-likeness (QED) is 0.583. The van der Waals surface area contributed by atoms with E-state index in [9.17, 15) is 13.2 Å². The number of likely N-dealkylation sites (tertiary alicyclic amines) is 1. The molecule has 0 saturated carbocycles. The maximum atomic E-state index is 12.2. The zero-order valence-corrected chi connectivity index (χ0v) is 13.8. The first kappa shape index (κ1) is 19.1. The SMILES string of the molecule is CCNC(=NCC(C)N1CCCC(C)C1)NCCC(F)(F)F. The average Bonchev–Trinajstić information content (AvgIpc) is 2.43. The van der Waals surface area contributed by atoms with Crippen molar-refractivity contribution < 1.29 is 13.2 Å². The summed E-state index contributed by atoms with van der Waals surface area (Å²) in [6.45, 7) is 9.52. The summed E-state index contributed by atoms with van der Waals surface area (Å²) in [4.78, 5) is 6.83. The summed E-state index contributed by atoms with van der Waals surface area (Å²) in [5, 5.41) is 5.73. The number of nitrogens with one attached hydrogen (secondary N) is 2. The van der Waals surface area contributed by atoms with E-state index in [4.69, 9.17) is 0 Å². The van der Waals surface area contributed by atoms with Gasteiger partial charge in [-0.3, -0.25) is 9.89 Å². The number of rotatable bonds is 6. The van der Waals surface area contributed by atoms with Crippen molar-refractivity contribution in [3.63, 3.8) is 0 Å². The van der Waals surface area contributed by atoms with Gasteiger partial charge in [-0.1, -0.05) is 6.92 Å². The van der Waals surface area contributed by atoms with Crippen molar-refractivity contribution in [3.8, 4) is 0 Å². The molecule has 0 aromatic rings. The lowest BCUT2D eigenvalue weighted by molar-refractivity contribution is -0.132. The Hall–Kier alpha value is -0.980. The highest BCUT2D eigenvalue weighted by Gasteiger charge is 2.26. The van der Waals surface area contributed by atoms with Crippen molar-refractivity contribution >= 4 is 5.96 Å². The number of hydrogen-bond donors (Lipinski definition) is 2. The zero-order valence-electron chi connectivity index (χ0n) is 13.8. The Bertz CT molecular complexity index is 344. The number of guanidine groups is 1. The molecule has 0 aromatic heterocycles. The van der Waals surface area contributed by atoms with E-state index in [1.807, 2.05) is 6.92 Å². The van der Waals surface area contributed by atoms with Crippen molar-refractivity contribution in [3.05, 3.63) is 0 Å². The molecule has 7 heteroatoms. The van der Waals surface area contributed by atoms with Crippen LogP contribution >= 0.6 is 0 Å². The van der Waals surface area contributed by atoms with E-state index in [1.165, 1.54) is 12.8 Å². The van der Waals surface area contributed by atoms with Gasteiger partial charge in [0, 0.05) is 25.7 Å². The van der Waals surface area contributed by atoms with Crippen LogP contribution in [0.5, 0.6) is 0 Å². The lowest BCUT2D eigenvalue weighted by Gasteiger charge is -2.35. The number of nitrogens with zero attached hydrogens (tertiary/aromatic N) is 2. The molecule has 1 aliphatic heterocycles. The fourth-order valence-electron chi connectivity index (χ4n) is 2.63. The Morgan fingerprint density at radius 1 is 1.36 bits per heavy atom. The first-order chi connectivity index (χ1) is 10.3. The second kappa shape index (κ2) is 9.22. The molecule has 1 heterocycles. The number of hydrogen-bond acceptors (Lipinski definition) is 2. The molecule has 2 atom stereocenters. The van der Waals surface area contributed by atoms with Gasteiger partial charge in [-0.25, -0.2) is 0 Å². The molecule has 1 rings (SSSR count). The molecule has 0 aliphatic carbocycles. The van der Waals surface area contributed by atoms with Crippen LogP contribution in [0.2, 0.25) is 0 Å². The highest BCUT2D eigenvalue weighted by atomic mass is 19.4. The number of alkyl halides is 3. The molecule has 0 spiro atoms. The minimum Gasteiger partial charge on any atom is -0.357 e. The van der Waals surface area contributed by atoms with Gasteiger partial charge in [0.2, 0.25) is 0 Å². The normalized spacial score (nSPS) is 22.5. The third kappa shape index (κ3) is 7.87. The molecule has 0 radical (unpaired) electrons. The summed E-state index contributed by atoms with van der Waals surface area (Å²) in [5.74, 6) is 1.17. The molecule has 0 amide bonds. The highest BCUT2D eigenvalue weighted by Crippen LogP contribution is 2.18. The molecule has 4 nitrogen and oxygen atoms in total. The van der Waals surface area contributed by atoms with Crippen molar-refractivity contribution in [1.29, 1.82) is 0 Å². The Balaban J connectivity index is 2.43. The maximum Gasteiger partial charge on any atom is 0.390 e. The van der Waals surface area contributed by atoms with Crippen molar-refractivity contribution in [1.82, 2.24) is 15.5 Å². The van der Waals surface area contributed by atoms with Gasteiger partial charge in [-0.15, -0.1) is 0 Å². The van der Waals surface area contributed by atoms with Crippen molar-refractivity contribution in [2.45, 2.75) is 52.3 Å². The average molecular weight is 322 g/mol. The minimum atomic E-state index is -4.14. The maximum absolute atomic E-state index is 12.2. The van der Waals surface area contributed by atoms with E-state index in [0.29, 0.717) is 31.0 Å². The van der Waals surface area contributed by atoms with E-state index in [-0.39, 0.29) is 6.54 Å². The Labute approximate surface area is 131 Å². The van der Waals surface area contributed by atoms with Crippen LogP contribution in [0.1, 0.15) is 40.0 Å². The van der Waals surface area contributed by atoms with E-state index >= 15 is 0 Å². The first-order valence-electron chi connectivity index (χ1n) is 8.14. The van der Waals surface area contributed by atoms with Crippen LogP contribution in [0.25, 0.3) is 0 Å². The monoisotopic (exact) mass is 322 g/mol. The number of halogens is 3. The van der Waals surface area contributed by atoms with Crippen LogP contribution in [-0.4, -0.2) is 55.8 Å². The van der Waals surface area contributed by atoms with Crippen molar-refractivity contribution in [2.75, 3.05) is 32.7 Å². The smallest absolute Gasteiger partial charge is 0.357 e. The molecule has 130 valence electrons. The minimum absolute atomic E-state index is 0.148. The summed E-state index contributed by atoms with van der Waals surface area (Å²) < 4.78 is 36.5. The summed E-state index contributed by atoms with van der Waals surface area (Å²) in [7, 11) is 0. The van der Waals surface area contributed by atoms with Crippen LogP contribution < -0.4 is 10.6 Å². The van der Waals surface area contributed by atoms with Crippen LogP contribution in [0.3, 0.4) is 0 Å². The molecular weight excluding hydrogens is 293 g/mol. The number of aliphatic imine (C=N–C) groups is 1.